The summed E-state index contributed by atoms with van der Waals surface area (Å²) in [5.41, 5.74) is -0.596. The maximum atomic E-state index is 13.0. The summed E-state index contributed by atoms with van der Waals surface area (Å²) < 4.78 is 5.40. The first-order valence-corrected chi connectivity index (χ1v) is 7.90. The van der Waals surface area contributed by atoms with Gasteiger partial charge in [0.15, 0.2) is 0 Å². The molecule has 1 atom stereocenters. The second-order valence-electron chi connectivity index (χ2n) is 6.26. The van der Waals surface area contributed by atoms with Crippen LogP contribution in [0.1, 0.15) is 51.9 Å². The van der Waals surface area contributed by atoms with E-state index in [1.807, 2.05) is 11.8 Å². The Morgan fingerprint density at radius 2 is 1.90 bits per heavy atom. The Labute approximate surface area is 120 Å². The fourth-order valence-corrected chi connectivity index (χ4v) is 3.97. The van der Waals surface area contributed by atoms with Gasteiger partial charge < -0.3 is 15.0 Å². The number of carbonyl (C=O) groups excluding carboxylic acids is 2. The van der Waals surface area contributed by atoms with E-state index in [1.54, 1.807) is 0 Å². The average Bonchev–Trinajstić information content (AvgIpc) is 2.93. The highest BCUT2D eigenvalue weighted by Gasteiger charge is 2.53. The van der Waals surface area contributed by atoms with E-state index in [4.69, 9.17) is 4.74 Å². The predicted molar refractivity (Wildman–Crippen MR) is 74.1 cm³/mol. The quantitative estimate of drug-likeness (QED) is 0.827. The molecule has 1 aliphatic carbocycles. The number of carbonyl (C=O) groups is 2. The second-order valence-corrected chi connectivity index (χ2v) is 6.26. The van der Waals surface area contributed by atoms with Gasteiger partial charge in [0.25, 0.3) is 0 Å². The van der Waals surface area contributed by atoms with Crippen molar-refractivity contribution in [3.05, 3.63) is 0 Å². The lowest BCUT2D eigenvalue weighted by Gasteiger charge is -2.48. The monoisotopic (exact) mass is 280 g/mol. The summed E-state index contributed by atoms with van der Waals surface area (Å²) in [5, 5.41) is 3.05. The summed E-state index contributed by atoms with van der Waals surface area (Å²) in [6.07, 6.45) is 6.05. The number of nitrogens with zero attached hydrogens (tertiary/aromatic N) is 1. The molecule has 3 fully saturated rings. The molecule has 3 rings (SSSR count). The molecule has 2 amide bonds. The molecule has 2 aliphatic heterocycles. The molecular weight excluding hydrogens is 256 g/mol. The minimum Gasteiger partial charge on any atom is -0.381 e. The summed E-state index contributed by atoms with van der Waals surface area (Å²) in [5.74, 6) is 0.203. The van der Waals surface area contributed by atoms with Crippen molar-refractivity contribution < 1.29 is 14.3 Å². The van der Waals surface area contributed by atoms with Gasteiger partial charge in [0, 0.05) is 19.3 Å². The molecule has 0 aromatic heterocycles. The van der Waals surface area contributed by atoms with Gasteiger partial charge in [-0.15, -0.1) is 0 Å². The predicted octanol–water partition coefficient (Wildman–Crippen LogP) is 1.22. The van der Waals surface area contributed by atoms with E-state index in [9.17, 15) is 9.59 Å². The summed E-state index contributed by atoms with van der Waals surface area (Å²) >= 11 is 0. The Hall–Kier alpha value is -1.10. The highest BCUT2D eigenvalue weighted by atomic mass is 16.5. The van der Waals surface area contributed by atoms with Crippen LogP contribution in [0.2, 0.25) is 0 Å². The molecule has 2 heterocycles. The molecule has 112 valence electrons. The summed E-state index contributed by atoms with van der Waals surface area (Å²) in [6, 6.07) is -0.124. The van der Waals surface area contributed by atoms with Crippen molar-refractivity contribution in [1.29, 1.82) is 0 Å². The lowest BCUT2D eigenvalue weighted by molar-refractivity contribution is -0.160. The zero-order valence-electron chi connectivity index (χ0n) is 12.2. The number of nitrogens with one attached hydrogen (secondary N) is 1. The maximum Gasteiger partial charge on any atom is 0.249 e. The molecule has 0 aromatic rings. The Balaban J connectivity index is 1.89. The van der Waals surface area contributed by atoms with E-state index in [1.165, 1.54) is 0 Å². The van der Waals surface area contributed by atoms with Gasteiger partial charge in [-0.3, -0.25) is 9.59 Å². The Bertz CT molecular complexity index is 398. The molecule has 1 saturated carbocycles. The van der Waals surface area contributed by atoms with E-state index in [2.05, 4.69) is 5.32 Å². The van der Waals surface area contributed by atoms with Gasteiger partial charge in [0.05, 0.1) is 0 Å². The van der Waals surface area contributed by atoms with Crippen LogP contribution in [0.4, 0.5) is 0 Å². The molecule has 2 saturated heterocycles. The fourth-order valence-electron chi connectivity index (χ4n) is 3.97. The summed E-state index contributed by atoms with van der Waals surface area (Å²) in [4.78, 5) is 27.4. The van der Waals surface area contributed by atoms with Gasteiger partial charge >= 0.3 is 0 Å². The summed E-state index contributed by atoms with van der Waals surface area (Å²) in [7, 11) is 0. The first kappa shape index (κ1) is 13.9. The molecule has 5 nitrogen and oxygen atoms in total. The first-order valence-electron chi connectivity index (χ1n) is 7.90. The van der Waals surface area contributed by atoms with Crippen molar-refractivity contribution in [2.24, 2.45) is 0 Å². The van der Waals surface area contributed by atoms with Crippen molar-refractivity contribution >= 4 is 11.8 Å². The molecule has 1 spiro atoms. The SMILES string of the molecule is CCC1C(=O)NC2(CCCC2)C(=O)N1C1CCOCC1. The lowest BCUT2D eigenvalue weighted by atomic mass is 9.88. The van der Waals surface area contributed by atoms with Crippen LogP contribution in [-0.4, -0.2) is 47.6 Å². The van der Waals surface area contributed by atoms with Crippen LogP contribution >= 0.6 is 0 Å². The number of ether oxygens (including phenoxy) is 1. The molecule has 0 aromatic carbocycles. The average molecular weight is 280 g/mol. The van der Waals surface area contributed by atoms with Crippen molar-refractivity contribution in [3.8, 4) is 0 Å². The van der Waals surface area contributed by atoms with Gasteiger partial charge in [-0.25, -0.2) is 0 Å². The van der Waals surface area contributed by atoms with Crippen molar-refractivity contribution in [2.45, 2.75) is 69.5 Å². The van der Waals surface area contributed by atoms with Crippen LogP contribution in [0.5, 0.6) is 0 Å². The molecule has 1 N–H and O–H groups in total. The zero-order valence-corrected chi connectivity index (χ0v) is 12.2. The molecule has 3 aliphatic rings. The minimum atomic E-state index is -0.596. The van der Waals surface area contributed by atoms with Gasteiger partial charge in [-0.2, -0.15) is 0 Å². The van der Waals surface area contributed by atoms with E-state index >= 15 is 0 Å². The molecule has 1 unspecified atom stereocenters. The normalized spacial score (nSPS) is 30.9. The highest BCUT2D eigenvalue weighted by molar-refractivity contribution is 6.00. The number of amides is 2. The smallest absolute Gasteiger partial charge is 0.249 e. The third kappa shape index (κ3) is 2.12. The third-order valence-electron chi connectivity index (χ3n) is 5.07. The molecule has 5 heteroatoms. The van der Waals surface area contributed by atoms with Crippen LogP contribution in [0.15, 0.2) is 0 Å². The number of rotatable bonds is 2. The van der Waals surface area contributed by atoms with Crippen LogP contribution in [0.25, 0.3) is 0 Å². The fraction of sp³-hybridized carbons (Fsp3) is 0.867. The van der Waals surface area contributed by atoms with E-state index in [-0.39, 0.29) is 23.9 Å². The van der Waals surface area contributed by atoms with Gasteiger partial charge in [0.2, 0.25) is 11.8 Å². The second kappa shape index (κ2) is 5.35. The number of hydrogen-bond donors (Lipinski definition) is 1. The molecule has 0 bridgehead atoms. The van der Waals surface area contributed by atoms with E-state index in [0.717, 1.165) is 38.5 Å². The summed E-state index contributed by atoms with van der Waals surface area (Å²) in [6.45, 7) is 3.37. The molecular formula is C15H24N2O3. The topological polar surface area (TPSA) is 58.6 Å². The van der Waals surface area contributed by atoms with Crippen LogP contribution in [0, 0.1) is 0 Å². The van der Waals surface area contributed by atoms with Gasteiger partial charge in [-0.05, 0) is 32.1 Å². The van der Waals surface area contributed by atoms with Crippen molar-refractivity contribution in [1.82, 2.24) is 10.2 Å². The first-order chi connectivity index (χ1) is 9.68. The zero-order chi connectivity index (χ0) is 14.2. The maximum absolute atomic E-state index is 13.0. The van der Waals surface area contributed by atoms with Crippen LogP contribution in [0.3, 0.4) is 0 Å². The Kier molecular flexibility index (Phi) is 3.71. The number of hydrogen-bond acceptors (Lipinski definition) is 3. The third-order valence-corrected chi connectivity index (χ3v) is 5.07. The van der Waals surface area contributed by atoms with Crippen molar-refractivity contribution in [2.75, 3.05) is 13.2 Å². The van der Waals surface area contributed by atoms with Gasteiger partial charge in [-0.1, -0.05) is 19.8 Å². The highest BCUT2D eigenvalue weighted by Crippen LogP contribution is 2.37. The van der Waals surface area contributed by atoms with Gasteiger partial charge in [0.1, 0.15) is 11.6 Å². The number of piperazine rings is 1. The van der Waals surface area contributed by atoms with Crippen LogP contribution in [-0.2, 0) is 14.3 Å². The Morgan fingerprint density at radius 1 is 1.25 bits per heavy atom. The van der Waals surface area contributed by atoms with Crippen LogP contribution < -0.4 is 5.32 Å². The lowest BCUT2D eigenvalue weighted by Crippen LogP contribution is -2.71. The minimum absolute atomic E-state index is 0.0421. The molecule has 20 heavy (non-hydrogen) atoms. The van der Waals surface area contributed by atoms with E-state index < -0.39 is 5.54 Å². The van der Waals surface area contributed by atoms with E-state index in [0.29, 0.717) is 19.6 Å². The van der Waals surface area contributed by atoms with Crippen molar-refractivity contribution in [3.63, 3.8) is 0 Å². The Morgan fingerprint density at radius 3 is 2.50 bits per heavy atom. The standard InChI is InChI=1S/C15H24N2O3/c1-2-12-13(18)16-15(7-3-4-8-15)14(19)17(12)11-5-9-20-10-6-11/h11-12H,2-10H2,1H3,(H,16,18). The molecule has 0 radical (unpaired) electrons. The largest absolute Gasteiger partial charge is 0.381 e.